The first kappa shape index (κ1) is 11.6. The molecule has 1 nitrogen and oxygen atoms in total. The number of hydrogen-bond donors (Lipinski definition) is 1. The molecule has 14 heavy (non-hydrogen) atoms. The summed E-state index contributed by atoms with van der Waals surface area (Å²) in [5.41, 5.74) is 0. The van der Waals surface area contributed by atoms with Gasteiger partial charge in [-0.05, 0) is 19.3 Å². The van der Waals surface area contributed by atoms with Gasteiger partial charge in [-0.3, -0.25) is 0 Å². The summed E-state index contributed by atoms with van der Waals surface area (Å²) in [6, 6.07) is 0.645. The molecule has 1 N–H and O–H groups in total. The zero-order valence-electron chi connectivity index (χ0n) is 9.39. The Morgan fingerprint density at radius 3 is 2.71 bits per heavy atom. The van der Waals surface area contributed by atoms with Gasteiger partial charge in [-0.15, -0.1) is 12.3 Å². The number of rotatable bonds is 5. The predicted molar refractivity (Wildman–Crippen MR) is 62.1 cm³/mol. The summed E-state index contributed by atoms with van der Waals surface area (Å²) in [6.45, 7) is 3.26. The van der Waals surface area contributed by atoms with E-state index in [1.165, 1.54) is 38.5 Å². The van der Waals surface area contributed by atoms with Crippen molar-refractivity contribution >= 4 is 0 Å². The molecule has 80 valence electrons. The zero-order chi connectivity index (χ0) is 10.2. The van der Waals surface area contributed by atoms with E-state index in [9.17, 15) is 0 Å². The molecule has 0 saturated heterocycles. The Labute approximate surface area is 88.7 Å². The van der Waals surface area contributed by atoms with Gasteiger partial charge in [0.05, 0.1) is 0 Å². The second-order valence-electron chi connectivity index (χ2n) is 4.55. The average molecular weight is 193 g/mol. The highest BCUT2D eigenvalue weighted by Crippen LogP contribution is 2.27. The number of hydrogen-bond acceptors (Lipinski definition) is 1. The molecular weight excluding hydrogens is 170 g/mol. The van der Waals surface area contributed by atoms with Gasteiger partial charge in [0.15, 0.2) is 0 Å². The van der Waals surface area contributed by atoms with Crippen molar-refractivity contribution in [3.8, 4) is 12.3 Å². The van der Waals surface area contributed by atoms with Crippen LogP contribution in [-0.4, -0.2) is 12.6 Å². The molecule has 1 rings (SSSR count). The van der Waals surface area contributed by atoms with Crippen LogP contribution in [-0.2, 0) is 0 Å². The smallest absolute Gasteiger partial charge is 0.0211 e. The molecule has 1 fully saturated rings. The molecule has 0 heterocycles. The van der Waals surface area contributed by atoms with Gasteiger partial charge in [-0.2, -0.15) is 0 Å². The maximum Gasteiger partial charge on any atom is 0.0211 e. The van der Waals surface area contributed by atoms with Crippen molar-refractivity contribution in [3.05, 3.63) is 0 Å². The Bertz CT molecular complexity index is 174. The normalized spacial score (nSPS) is 20.3. The fourth-order valence-electron chi connectivity index (χ4n) is 2.40. The largest absolute Gasteiger partial charge is 0.313 e. The van der Waals surface area contributed by atoms with E-state index in [1.807, 2.05) is 0 Å². The van der Waals surface area contributed by atoms with Crippen LogP contribution in [0.5, 0.6) is 0 Å². The third kappa shape index (κ3) is 4.67. The van der Waals surface area contributed by atoms with Crippen LogP contribution >= 0.6 is 0 Å². The lowest BCUT2D eigenvalue weighted by atomic mass is 9.85. The van der Waals surface area contributed by atoms with Crippen molar-refractivity contribution in [3.63, 3.8) is 0 Å². The van der Waals surface area contributed by atoms with Gasteiger partial charge in [0.25, 0.3) is 0 Å². The van der Waals surface area contributed by atoms with Crippen molar-refractivity contribution < 1.29 is 0 Å². The molecule has 1 atom stereocenters. The molecule has 1 aliphatic rings. The SMILES string of the molecule is C#CCCNC(C)CC1CCCCC1. The summed E-state index contributed by atoms with van der Waals surface area (Å²) in [7, 11) is 0. The van der Waals surface area contributed by atoms with Crippen LogP contribution in [0, 0.1) is 18.3 Å². The molecule has 0 amide bonds. The third-order valence-electron chi connectivity index (χ3n) is 3.17. The molecule has 0 radical (unpaired) electrons. The van der Waals surface area contributed by atoms with Crippen molar-refractivity contribution in [1.29, 1.82) is 0 Å². The van der Waals surface area contributed by atoms with Crippen molar-refractivity contribution in [1.82, 2.24) is 5.32 Å². The predicted octanol–water partition coefficient (Wildman–Crippen LogP) is 2.96. The van der Waals surface area contributed by atoms with Crippen LogP contribution in [0.2, 0.25) is 0 Å². The zero-order valence-corrected chi connectivity index (χ0v) is 9.39. The summed E-state index contributed by atoms with van der Waals surface area (Å²) >= 11 is 0. The summed E-state index contributed by atoms with van der Waals surface area (Å²) in [5.74, 6) is 3.63. The second kappa shape index (κ2) is 6.90. The summed E-state index contributed by atoms with van der Waals surface area (Å²) in [5, 5.41) is 3.49. The van der Waals surface area contributed by atoms with Gasteiger partial charge in [0, 0.05) is 19.0 Å². The number of nitrogens with one attached hydrogen (secondary N) is 1. The van der Waals surface area contributed by atoms with E-state index in [0.717, 1.165) is 18.9 Å². The average Bonchev–Trinajstić information content (AvgIpc) is 2.20. The highest BCUT2D eigenvalue weighted by molar-refractivity contribution is 4.84. The van der Waals surface area contributed by atoms with Crippen LogP contribution in [0.4, 0.5) is 0 Å². The van der Waals surface area contributed by atoms with Crippen LogP contribution < -0.4 is 5.32 Å². The van der Waals surface area contributed by atoms with Crippen LogP contribution in [0.25, 0.3) is 0 Å². The van der Waals surface area contributed by atoms with Gasteiger partial charge in [-0.25, -0.2) is 0 Å². The second-order valence-corrected chi connectivity index (χ2v) is 4.55. The highest BCUT2D eigenvalue weighted by Gasteiger charge is 2.15. The topological polar surface area (TPSA) is 12.0 Å². The molecule has 0 aliphatic heterocycles. The molecule has 0 bridgehead atoms. The van der Waals surface area contributed by atoms with E-state index >= 15 is 0 Å². The third-order valence-corrected chi connectivity index (χ3v) is 3.17. The van der Waals surface area contributed by atoms with Crippen LogP contribution in [0.15, 0.2) is 0 Å². The lowest BCUT2D eigenvalue weighted by molar-refractivity contribution is 0.306. The summed E-state index contributed by atoms with van der Waals surface area (Å²) in [6.07, 6.45) is 14.6. The highest BCUT2D eigenvalue weighted by atomic mass is 14.9. The minimum Gasteiger partial charge on any atom is -0.313 e. The molecule has 0 aromatic carbocycles. The maximum atomic E-state index is 5.21. The van der Waals surface area contributed by atoms with E-state index in [4.69, 9.17) is 6.42 Å². The Balaban J connectivity index is 2.06. The Kier molecular flexibility index (Phi) is 5.71. The van der Waals surface area contributed by atoms with E-state index in [0.29, 0.717) is 6.04 Å². The van der Waals surface area contributed by atoms with Gasteiger partial charge < -0.3 is 5.32 Å². The first-order chi connectivity index (χ1) is 6.83. The number of terminal acetylenes is 1. The first-order valence-electron chi connectivity index (χ1n) is 5.99. The van der Waals surface area contributed by atoms with Gasteiger partial charge in [-0.1, -0.05) is 32.1 Å². The molecule has 1 unspecified atom stereocenters. The Morgan fingerprint density at radius 1 is 1.36 bits per heavy atom. The van der Waals surface area contributed by atoms with E-state index in [2.05, 4.69) is 18.2 Å². The van der Waals surface area contributed by atoms with E-state index in [1.54, 1.807) is 0 Å². The fraction of sp³-hybridized carbons (Fsp3) is 0.846. The Morgan fingerprint density at radius 2 is 2.07 bits per heavy atom. The molecule has 0 aromatic rings. The lowest BCUT2D eigenvalue weighted by Gasteiger charge is -2.25. The van der Waals surface area contributed by atoms with Gasteiger partial charge in [0.2, 0.25) is 0 Å². The molecule has 1 aliphatic carbocycles. The van der Waals surface area contributed by atoms with E-state index in [-0.39, 0.29) is 0 Å². The Hall–Kier alpha value is -0.480. The van der Waals surface area contributed by atoms with E-state index < -0.39 is 0 Å². The molecule has 1 heteroatoms. The quantitative estimate of drug-likeness (QED) is 0.523. The minimum absolute atomic E-state index is 0.645. The van der Waals surface area contributed by atoms with Crippen LogP contribution in [0.3, 0.4) is 0 Å². The maximum absolute atomic E-state index is 5.21. The van der Waals surface area contributed by atoms with Gasteiger partial charge >= 0.3 is 0 Å². The van der Waals surface area contributed by atoms with Crippen molar-refractivity contribution in [2.45, 2.75) is 57.9 Å². The molecule has 0 aromatic heterocycles. The van der Waals surface area contributed by atoms with Gasteiger partial charge in [0.1, 0.15) is 0 Å². The summed E-state index contributed by atoms with van der Waals surface area (Å²) in [4.78, 5) is 0. The van der Waals surface area contributed by atoms with Crippen LogP contribution in [0.1, 0.15) is 51.9 Å². The standard InChI is InChI=1S/C13H23N/c1-3-4-10-14-12(2)11-13-8-6-5-7-9-13/h1,12-14H,4-11H2,2H3. The summed E-state index contributed by atoms with van der Waals surface area (Å²) < 4.78 is 0. The minimum atomic E-state index is 0.645. The fourth-order valence-corrected chi connectivity index (χ4v) is 2.40. The molecule has 1 saturated carbocycles. The van der Waals surface area contributed by atoms with Crippen molar-refractivity contribution in [2.24, 2.45) is 5.92 Å². The first-order valence-corrected chi connectivity index (χ1v) is 5.99. The van der Waals surface area contributed by atoms with Crippen molar-refractivity contribution in [2.75, 3.05) is 6.54 Å². The molecular formula is C13H23N. The molecule has 0 spiro atoms. The monoisotopic (exact) mass is 193 g/mol. The lowest BCUT2D eigenvalue weighted by Crippen LogP contribution is -2.29.